The quantitative estimate of drug-likeness (QED) is 0.118. The maximum atomic E-state index is 4.69. The van der Waals surface area contributed by atoms with Crippen LogP contribution in [0.1, 0.15) is 110 Å². The highest BCUT2D eigenvalue weighted by Gasteiger charge is 2.16. The molecule has 2 aliphatic rings. The molecule has 0 aromatic heterocycles. The highest BCUT2D eigenvalue weighted by Crippen LogP contribution is 2.37. The first-order chi connectivity index (χ1) is 28.5. The molecule has 0 amide bonds. The second-order valence-electron chi connectivity index (χ2n) is 14.4. The Bertz CT molecular complexity index is 2320. The van der Waals surface area contributed by atoms with Crippen LogP contribution >= 0.6 is 0 Å². The molecule has 2 aliphatic carbocycles. The molecule has 1 unspecified atom stereocenters. The van der Waals surface area contributed by atoms with Gasteiger partial charge in [-0.15, -0.1) is 0 Å². The fraction of sp³-hybridized carbons (Fsp3) is 0.241. The Morgan fingerprint density at radius 2 is 1.28 bits per heavy atom. The lowest BCUT2D eigenvalue weighted by Gasteiger charge is -2.19. The number of allylic oxidation sites excluding steroid dienone is 16. The van der Waals surface area contributed by atoms with Crippen LogP contribution in [-0.2, 0) is 0 Å². The molecule has 0 nitrogen and oxygen atoms in total. The SMILES string of the molecule is C=C(/C=C\C/C(=C/C(C)c1ccccc1)C1=CCCC=C1)/C(=C/C(=C)c1cccc2ccccc12)C1=CCCC(c2cccc3ccccc23)=C1.CC.CC.CCC. The van der Waals surface area contributed by atoms with E-state index in [1.807, 2.05) is 27.7 Å². The van der Waals surface area contributed by atoms with Gasteiger partial charge in [-0.1, -0.05) is 232 Å². The molecule has 1 atom stereocenters. The Balaban J connectivity index is 0.00000100. The molecule has 0 saturated heterocycles. The van der Waals surface area contributed by atoms with Gasteiger partial charge < -0.3 is 0 Å². The van der Waals surface area contributed by atoms with Crippen molar-refractivity contribution in [3.8, 4) is 0 Å². The molecular formula is C58H66. The molecule has 0 heterocycles. The summed E-state index contributed by atoms with van der Waals surface area (Å²) in [5.74, 6) is 0.318. The summed E-state index contributed by atoms with van der Waals surface area (Å²) in [7, 11) is 0. The second-order valence-corrected chi connectivity index (χ2v) is 14.4. The second kappa shape index (κ2) is 24.1. The number of hydrogen-bond donors (Lipinski definition) is 0. The first-order valence-electron chi connectivity index (χ1n) is 21.7. The molecule has 0 heteroatoms. The number of hydrogen-bond acceptors (Lipinski definition) is 0. The van der Waals surface area contributed by atoms with Crippen molar-refractivity contribution in [2.45, 2.75) is 92.9 Å². The van der Waals surface area contributed by atoms with Crippen LogP contribution in [-0.4, -0.2) is 0 Å². The third-order valence-corrected chi connectivity index (χ3v) is 10.2. The van der Waals surface area contributed by atoms with Crippen molar-refractivity contribution in [1.82, 2.24) is 0 Å². The van der Waals surface area contributed by atoms with Crippen LogP contribution in [0.25, 0.3) is 32.7 Å². The van der Waals surface area contributed by atoms with Crippen LogP contribution in [0.5, 0.6) is 0 Å². The largest absolute Gasteiger partial charge is 0.0911 e. The summed E-state index contributed by atoms with van der Waals surface area (Å²) in [6, 6.07) is 41.2. The number of benzene rings is 5. The summed E-state index contributed by atoms with van der Waals surface area (Å²) in [4.78, 5) is 0. The highest BCUT2D eigenvalue weighted by atomic mass is 14.2. The molecule has 5 aromatic rings. The topological polar surface area (TPSA) is 0 Å². The minimum absolute atomic E-state index is 0.318. The zero-order valence-electron chi connectivity index (χ0n) is 36.4. The van der Waals surface area contributed by atoms with Gasteiger partial charge in [0.2, 0.25) is 0 Å². The van der Waals surface area contributed by atoms with Gasteiger partial charge in [0.15, 0.2) is 0 Å². The molecule has 0 bridgehead atoms. The summed E-state index contributed by atoms with van der Waals surface area (Å²) >= 11 is 0. The van der Waals surface area contributed by atoms with E-state index in [4.69, 9.17) is 6.58 Å². The van der Waals surface area contributed by atoms with Crippen molar-refractivity contribution in [3.05, 3.63) is 228 Å². The Kier molecular flexibility index (Phi) is 18.7. The van der Waals surface area contributed by atoms with E-state index in [-0.39, 0.29) is 0 Å². The van der Waals surface area contributed by atoms with Crippen LogP contribution < -0.4 is 0 Å². The summed E-state index contributed by atoms with van der Waals surface area (Å²) in [6.07, 6.45) is 27.2. The van der Waals surface area contributed by atoms with Gasteiger partial charge in [0.25, 0.3) is 0 Å². The third kappa shape index (κ3) is 12.1. The first kappa shape index (κ1) is 45.0. The molecule has 0 N–H and O–H groups in total. The smallest absolute Gasteiger partial charge is 0.000430 e. The van der Waals surface area contributed by atoms with Crippen molar-refractivity contribution in [2.24, 2.45) is 0 Å². The Hall–Kier alpha value is -5.72. The van der Waals surface area contributed by atoms with Crippen LogP contribution in [0.2, 0.25) is 0 Å². The van der Waals surface area contributed by atoms with Crippen molar-refractivity contribution in [1.29, 1.82) is 0 Å². The van der Waals surface area contributed by atoms with Crippen LogP contribution in [0.4, 0.5) is 0 Å². The van der Waals surface area contributed by atoms with E-state index in [1.165, 1.54) is 61.4 Å². The van der Waals surface area contributed by atoms with Gasteiger partial charge in [0.1, 0.15) is 0 Å². The number of rotatable bonds is 11. The monoisotopic (exact) mass is 763 g/mol. The van der Waals surface area contributed by atoms with Gasteiger partial charge in [-0.3, -0.25) is 0 Å². The maximum absolute atomic E-state index is 4.69. The zero-order valence-corrected chi connectivity index (χ0v) is 36.4. The minimum Gasteiger partial charge on any atom is -0.0911 e. The maximum Gasteiger partial charge on any atom is -0.000430 e. The summed E-state index contributed by atoms with van der Waals surface area (Å²) < 4.78 is 0. The standard InChI is InChI=1S/C51H46.C3H8.2C2H6/c1-37(18-14-27-44(41-21-8-5-9-22-41)34-38(2)40-19-6-4-7-20-40)51(35-39(3)47-32-16-25-42-23-10-12-30-48(42)47)46-29-15-28-45(36-46)50-33-17-26-43-24-11-13-31-49(43)50;1-3-2;2*1-2/h4,6-8,10-14,16-26,29-36,38H,1,3,5,9,15,27-28H2,2H3;3H2,1-2H3;2*1-2H3/b18-14-,44-34-,51-35-;;;. The van der Waals surface area contributed by atoms with Crippen molar-refractivity contribution in [2.75, 3.05) is 0 Å². The van der Waals surface area contributed by atoms with Crippen molar-refractivity contribution < 1.29 is 0 Å². The number of fused-ring (bicyclic) bond motifs is 2. The van der Waals surface area contributed by atoms with Crippen molar-refractivity contribution >= 4 is 32.7 Å². The molecule has 7 rings (SSSR count). The predicted molar refractivity (Wildman–Crippen MR) is 261 cm³/mol. The molecule has 0 fully saturated rings. The van der Waals surface area contributed by atoms with Crippen LogP contribution in [0, 0.1) is 0 Å². The molecule has 0 saturated carbocycles. The zero-order chi connectivity index (χ0) is 41.7. The van der Waals surface area contributed by atoms with E-state index >= 15 is 0 Å². The predicted octanol–water partition coefficient (Wildman–Crippen LogP) is 17.7. The van der Waals surface area contributed by atoms with Crippen LogP contribution in [0.3, 0.4) is 0 Å². The van der Waals surface area contributed by atoms with E-state index in [0.717, 1.165) is 54.4 Å². The van der Waals surface area contributed by atoms with E-state index in [9.17, 15) is 0 Å². The summed E-state index contributed by atoms with van der Waals surface area (Å²) in [5, 5.41) is 5.00. The molecule has 58 heavy (non-hydrogen) atoms. The van der Waals surface area contributed by atoms with E-state index in [2.05, 4.69) is 197 Å². The molecule has 0 spiro atoms. The molecular weight excluding hydrogens is 697 g/mol. The van der Waals surface area contributed by atoms with Gasteiger partial charge in [0, 0.05) is 0 Å². The fourth-order valence-electron chi connectivity index (χ4n) is 7.43. The molecule has 298 valence electrons. The third-order valence-electron chi connectivity index (χ3n) is 10.2. The van der Waals surface area contributed by atoms with Gasteiger partial charge in [0.05, 0.1) is 0 Å². The average Bonchev–Trinajstić information content (AvgIpc) is 3.29. The van der Waals surface area contributed by atoms with E-state index in [0.29, 0.717) is 5.92 Å². The lowest BCUT2D eigenvalue weighted by molar-refractivity contribution is 0.941. The van der Waals surface area contributed by atoms with E-state index < -0.39 is 0 Å². The summed E-state index contributed by atoms with van der Waals surface area (Å²) in [6.45, 7) is 23.9. The molecule has 0 radical (unpaired) electrons. The normalized spacial score (nSPS) is 14.4. The lowest BCUT2D eigenvalue weighted by atomic mass is 9.85. The lowest BCUT2D eigenvalue weighted by Crippen LogP contribution is -1.99. The minimum atomic E-state index is 0.318. The van der Waals surface area contributed by atoms with Gasteiger partial charge in [-0.25, -0.2) is 0 Å². The molecule has 0 aliphatic heterocycles. The fourth-order valence-corrected chi connectivity index (χ4v) is 7.43. The van der Waals surface area contributed by atoms with Crippen molar-refractivity contribution in [3.63, 3.8) is 0 Å². The Morgan fingerprint density at radius 3 is 1.97 bits per heavy atom. The Labute approximate surface area is 351 Å². The highest BCUT2D eigenvalue weighted by molar-refractivity contribution is 5.97. The molecule has 5 aromatic carbocycles. The van der Waals surface area contributed by atoms with Gasteiger partial charge in [-0.05, 0) is 121 Å². The Morgan fingerprint density at radius 1 is 0.672 bits per heavy atom. The average molecular weight is 763 g/mol. The summed E-state index contributed by atoms with van der Waals surface area (Å²) in [5.41, 5.74) is 12.1. The van der Waals surface area contributed by atoms with Gasteiger partial charge >= 0.3 is 0 Å². The van der Waals surface area contributed by atoms with E-state index in [1.54, 1.807) is 0 Å². The van der Waals surface area contributed by atoms with Crippen LogP contribution in [0.15, 0.2) is 211 Å². The van der Waals surface area contributed by atoms with Gasteiger partial charge in [-0.2, -0.15) is 0 Å². The first-order valence-corrected chi connectivity index (χ1v) is 21.7.